The molecule has 0 spiro atoms. The zero-order valence-corrected chi connectivity index (χ0v) is 13.8. The maximum atomic E-state index is 11.7. The summed E-state index contributed by atoms with van der Waals surface area (Å²) in [5.41, 5.74) is 1.05. The Labute approximate surface area is 137 Å². The lowest BCUT2D eigenvalue weighted by Crippen LogP contribution is -2.48. The fraction of sp³-hybridized carbons (Fsp3) is 0.588. The molecule has 2 atom stereocenters. The van der Waals surface area contributed by atoms with Gasteiger partial charge in [0.05, 0.1) is 12.7 Å². The molecule has 0 radical (unpaired) electrons. The molecule has 22 heavy (non-hydrogen) atoms. The van der Waals surface area contributed by atoms with Crippen LogP contribution in [0.1, 0.15) is 31.4 Å². The van der Waals surface area contributed by atoms with Crippen molar-refractivity contribution in [2.75, 3.05) is 32.8 Å². The minimum Gasteiger partial charge on any atom is -0.371 e. The molecule has 4 nitrogen and oxygen atoms in total. The number of halogens is 1. The zero-order valence-electron chi connectivity index (χ0n) is 13.0. The van der Waals surface area contributed by atoms with Gasteiger partial charge in [0, 0.05) is 49.2 Å². The molecule has 3 rings (SSSR count). The summed E-state index contributed by atoms with van der Waals surface area (Å²) < 4.78 is 5.97. The molecule has 2 fully saturated rings. The van der Waals surface area contributed by atoms with Crippen LogP contribution in [0.3, 0.4) is 0 Å². The van der Waals surface area contributed by atoms with Gasteiger partial charge >= 0.3 is 0 Å². The van der Waals surface area contributed by atoms with E-state index in [1.54, 1.807) is 0 Å². The Kier molecular flexibility index (Phi) is 5.01. The molecule has 1 aromatic carbocycles. The van der Waals surface area contributed by atoms with Crippen LogP contribution in [0.25, 0.3) is 0 Å². The Morgan fingerprint density at radius 2 is 2.14 bits per heavy atom. The third-order valence-corrected chi connectivity index (χ3v) is 4.99. The predicted molar refractivity (Wildman–Crippen MR) is 87.0 cm³/mol. The van der Waals surface area contributed by atoms with Gasteiger partial charge in [-0.15, -0.1) is 0 Å². The van der Waals surface area contributed by atoms with Crippen LogP contribution < -0.4 is 0 Å². The quantitative estimate of drug-likeness (QED) is 0.854. The van der Waals surface area contributed by atoms with Gasteiger partial charge in [-0.1, -0.05) is 29.8 Å². The lowest BCUT2D eigenvalue weighted by atomic mass is 10.1. The molecule has 0 bridgehead atoms. The molecular weight excluding hydrogens is 300 g/mol. The fourth-order valence-electron chi connectivity index (χ4n) is 3.23. The van der Waals surface area contributed by atoms with Crippen LogP contribution in [0.15, 0.2) is 24.3 Å². The number of hydrogen-bond acceptors (Lipinski definition) is 3. The monoisotopic (exact) mass is 322 g/mol. The summed E-state index contributed by atoms with van der Waals surface area (Å²) in [6.45, 7) is 6.33. The Bertz CT molecular complexity index is 537. The highest BCUT2D eigenvalue weighted by Gasteiger charge is 2.29. The molecule has 0 N–H and O–H groups in total. The van der Waals surface area contributed by atoms with Crippen molar-refractivity contribution in [2.24, 2.45) is 0 Å². The summed E-state index contributed by atoms with van der Waals surface area (Å²) in [6.07, 6.45) is 1.72. The molecule has 2 aliphatic rings. The number of hydrogen-bond donors (Lipinski definition) is 0. The Morgan fingerprint density at radius 3 is 2.86 bits per heavy atom. The lowest BCUT2D eigenvalue weighted by Gasteiger charge is -2.39. The number of ether oxygens (including phenoxy) is 1. The standard InChI is InChI=1S/C17H23ClN2O2/c1-13-12-22-16(14-5-2-3-6-15(14)18)11-20(13)10-9-19-8-4-7-17(19)21/h2-3,5-6,13,16H,4,7-12H2,1H3/t13-,16+/m0/s1. The second-order valence-corrected chi connectivity index (χ2v) is 6.58. The molecular formula is C17H23ClN2O2. The third-order valence-electron chi connectivity index (χ3n) is 4.64. The van der Waals surface area contributed by atoms with Gasteiger partial charge in [0.15, 0.2) is 0 Å². The molecule has 1 amide bonds. The van der Waals surface area contributed by atoms with Crippen LogP contribution in [0.4, 0.5) is 0 Å². The summed E-state index contributed by atoms with van der Waals surface area (Å²) in [7, 11) is 0. The van der Waals surface area contributed by atoms with Gasteiger partial charge in [0.1, 0.15) is 0 Å². The zero-order chi connectivity index (χ0) is 15.5. The molecule has 120 valence electrons. The molecule has 0 aliphatic carbocycles. The van der Waals surface area contributed by atoms with Crippen molar-refractivity contribution in [3.8, 4) is 0 Å². The average molecular weight is 323 g/mol. The van der Waals surface area contributed by atoms with Crippen molar-refractivity contribution in [2.45, 2.75) is 31.9 Å². The smallest absolute Gasteiger partial charge is 0.222 e. The van der Waals surface area contributed by atoms with E-state index < -0.39 is 0 Å². The van der Waals surface area contributed by atoms with Crippen LogP contribution in [-0.2, 0) is 9.53 Å². The van der Waals surface area contributed by atoms with Crippen molar-refractivity contribution < 1.29 is 9.53 Å². The second kappa shape index (κ2) is 6.99. The highest BCUT2D eigenvalue weighted by molar-refractivity contribution is 6.31. The number of morpholine rings is 1. The maximum Gasteiger partial charge on any atom is 0.222 e. The first-order chi connectivity index (χ1) is 10.6. The number of rotatable bonds is 4. The average Bonchev–Trinajstić information content (AvgIpc) is 2.92. The van der Waals surface area contributed by atoms with Gasteiger partial charge in [-0.3, -0.25) is 9.69 Å². The van der Waals surface area contributed by atoms with Crippen molar-refractivity contribution in [3.05, 3.63) is 34.9 Å². The molecule has 2 saturated heterocycles. The van der Waals surface area contributed by atoms with Crippen LogP contribution in [0, 0.1) is 0 Å². The lowest BCUT2D eigenvalue weighted by molar-refractivity contribution is -0.128. The van der Waals surface area contributed by atoms with E-state index in [9.17, 15) is 4.79 Å². The Morgan fingerprint density at radius 1 is 1.32 bits per heavy atom. The van der Waals surface area contributed by atoms with Gasteiger partial charge in [-0.05, 0) is 19.4 Å². The summed E-state index contributed by atoms with van der Waals surface area (Å²) >= 11 is 6.29. The number of carbonyl (C=O) groups excluding carboxylic acids is 1. The summed E-state index contributed by atoms with van der Waals surface area (Å²) in [5, 5.41) is 0.761. The summed E-state index contributed by atoms with van der Waals surface area (Å²) in [5.74, 6) is 0.295. The minimum absolute atomic E-state index is 0.0131. The molecule has 2 heterocycles. The molecule has 2 aliphatic heterocycles. The number of carbonyl (C=O) groups is 1. The largest absolute Gasteiger partial charge is 0.371 e. The number of amides is 1. The second-order valence-electron chi connectivity index (χ2n) is 6.17. The topological polar surface area (TPSA) is 32.8 Å². The molecule has 0 saturated carbocycles. The van der Waals surface area contributed by atoms with E-state index in [1.807, 2.05) is 29.2 Å². The van der Waals surface area contributed by atoms with Gasteiger partial charge < -0.3 is 9.64 Å². The number of likely N-dealkylation sites (tertiary alicyclic amines) is 1. The van der Waals surface area contributed by atoms with E-state index in [0.29, 0.717) is 25.0 Å². The minimum atomic E-state index is 0.0131. The van der Waals surface area contributed by atoms with Gasteiger partial charge in [0.25, 0.3) is 0 Å². The maximum absolute atomic E-state index is 11.7. The Balaban J connectivity index is 1.61. The van der Waals surface area contributed by atoms with Gasteiger partial charge in [-0.2, -0.15) is 0 Å². The fourth-order valence-corrected chi connectivity index (χ4v) is 3.49. The van der Waals surface area contributed by atoms with E-state index in [2.05, 4.69) is 11.8 Å². The van der Waals surface area contributed by atoms with E-state index in [-0.39, 0.29) is 6.10 Å². The predicted octanol–water partition coefficient (Wildman–Crippen LogP) is 2.72. The Hall–Kier alpha value is -1.10. The van der Waals surface area contributed by atoms with E-state index in [1.165, 1.54) is 0 Å². The summed E-state index contributed by atoms with van der Waals surface area (Å²) in [6, 6.07) is 8.25. The third kappa shape index (κ3) is 3.45. The van der Waals surface area contributed by atoms with Crippen LogP contribution in [0.2, 0.25) is 5.02 Å². The van der Waals surface area contributed by atoms with E-state index >= 15 is 0 Å². The highest BCUT2D eigenvalue weighted by Crippen LogP contribution is 2.29. The van der Waals surface area contributed by atoms with Crippen molar-refractivity contribution in [3.63, 3.8) is 0 Å². The SMILES string of the molecule is C[C@H]1CO[C@@H](c2ccccc2Cl)CN1CCN1CCCC1=O. The van der Waals surface area contributed by atoms with Gasteiger partial charge in [-0.25, -0.2) is 0 Å². The summed E-state index contributed by atoms with van der Waals surface area (Å²) in [4.78, 5) is 16.1. The first kappa shape index (κ1) is 15.8. The highest BCUT2D eigenvalue weighted by atomic mass is 35.5. The molecule has 5 heteroatoms. The first-order valence-electron chi connectivity index (χ1n) is 8.03. The van der Waals surface area contributed by atoms with Crippen molar-refractivity contribution in [1.82, 2.24) is 9.80 Å². The van der Waals surface area contributed by atoms with Gasteiger partial charge in [0.2, 0.25) is 5.91 Å². The van der Waals surface area contributed by atoms with Crippen LogP contribution in [-0.4, -0.2) is 54.5 Å². The van der Waals surface area contributed by atoms with Crippen molar-refractivity contribution >= 4 is 17.5 Å². The van der Waals surface area contributed by atoms with Crippen LogP contribution >= 0.6 is 11.6 Å². The van der Waals surface area contributed by atoms with Crippen LogP contribution in [0.5, 0.6) is 0 Å². The van der Waals surface area contributed by atoms with E-state index in [0.717, 1.165) is 43.2 Å². The molecule has 0 unspecified atom stereocenters. The number of benzene rings is 1. The normalized spacial score (nSPS) is 26.6. The van der Waals surface area contributed by atoms with Crippen molar-refractivity contribution in [1.29, 1.82) is 0 Å². The molecule has 1 aromatic rings. The number of nitrogens with zero attached hydrogens (tertiary/aromatic N) is 2. The molecule has 0 aromatic heterocycles. The first-order valence-corrected chi connectivity index (χ1v) is 8.41. The van der Waals surface area contributed by atoms with E-state index in [4.69, 9.17) is 16.3 Å².